The normalized spacial score (nSPS) is 18.2. The number of ether oxygens (including phenoxy) is 1. The third-order valence-corrected chi connectivity index (χ3v) is 2.33. The van der Waals surface area contributed by atoms with Crippen molar-refractivity contribution in [2.24, 2.45) is 0 Å². The molecule has 3 nitrogen and oxygen atoms in total. The number of hydrogen-bond donors (Lipinski definition) is 1. The molecule has 11 heavy (non-hydrogen) atoms. The average Bonchev–Trinajstić information content (AvgIpc) is 2.36. The van der Waals surface area contributed by atoms with E-state index in [9.17, 15) is 0 Å². The minimum atomic E-state index is 0.552. The molecule has 1 aliphatic rings. The summed E-state index contributed by atoms with van der Waals surface area (Å²) in [7, 11) is 0. The fourth-order valence-corrected chi connectivity index (χ4v) is 1.49. The van der Waals surface area contributed by atoms with Crippen molar-refractivity contribution in [1.82, 2.24) is 10.3 Å². The number of aromatic nitrogens is 1. The summed E-state index contributed by atoms with van der Waals surface area (Å²) in [5.41, 5.74) is 2.98. The summed E-state index contributed by atoms with van der Waals surface area (Å²) >= 11 is 1.63. The molecule has 0 unspecified atom stereocenters. The van der Waals surface area contributed by atoms with Crippen LogP contribution in [-0.2, 0) is 11.3 Å². The maximum atomic E-state index is 5.02. The molecular weight excluding hydrogens is 160 g/mol. The zero-order chi connectivity index (χ0) is 7.52. The van der Waals surface area contributed by atoms with Crippen molar-refractivity contribution in [2.75, 3.05) is 13.2 Å². The molecule has 0 saturated carbocycles. The van der Waals surface area contributed by atoms with Gasteiger partial charge in [0.2, 0.25) is 0 Å². The van der Waals surface area contributed by atoms with E-state index in [1.54, 1.807) is 11.3 Å². The minimum Gasteiger partial charge on any atom is -0.378 e. The molecule has 1 fully saturated rings. The Morgan fingerprint density at radius 2 is 2.64 bits per heavy atom. The van der Waals surface area contributed by atoms with Gasteiger partial charge in [-0.15, -0.1) is 11.3 Å². The second kappa shape index (κ2) is 3.30. The number of nitrogens with zero attached hydrogens (tertiary/aromatic N) is 1. The van der Waals surface area contributed by atoms with Crippen LogP contribution in [0.15, 0.2) is 10.9 Å². The summed E-state index contributed by atoms with van der Waals surface area (Å²) in [5, 5.41) is 5.40. The van der Waals surface area contributed by atoms with Crippen LogP contribution in [0.3, 0.4) is 0 Å². The van der Waals surface area contributed by atoms with Crippen molar-refractivity contribution in [3.05, 3.63) is 16.6 Å². The van der Waals surface area contributed by atoms with E-state index in [-0.39, 0.29) is 0 Å². The van der Waals surface area contributed by atoms with E-state index in [4.69, 9.17) is 4.74 Å². The lowest BCUT2D eigenvalue weighted by Crippen LogP contribution is -2.45. The van der Waals surface area contributed by atoms with Crippen LogP contribution in [0.2, 0.25) is 0 Å². The highest BCUT2D eigenvalue weighted by Crippen LogP contribution is 2.03. The van der Waals surface area contributed by atoms with Gasteiger partial charge in [0.1, 0.15) is 0 Å². The van der Waals surface area contributed by atoms with Gasteiger partial charge >= 0.3 is 0 Å². The van der Waals surface area contributed by atoms with Crippen LogP contribution in [0.4, 0.5) is 0 Å². The zero-order valence-electron chi connectivity index (χ0n) is 6.12. The number of nitrogens with one attached hydrogen (secondary N) is 1. The molecule has 0 aliphatic carbocycles. The van der Waals surface area contributed by atoms with Crippen LogP contribution in [0, 0.1) is 0 Å². The second-order valence-corrected chi connectivity index (χ2v) is 3.31. The van der Waals surface area contributed by atoms with Gasteiger partial charge in [0.05, 0.1) is 30.5 Å². The lowest BCUT2D eigenvalue weighted by Gasteiger charge is -2.26. The molecule has 0 radical (unpaired) electrons. The van der Waals surface area contributed by atoms with Crippen LogP contribution in [0.5, 0.6) is 0 Å². The fraction of sp³-hybridized carbons (Fsp3) is 0.571. The van der Waals surface area contributed by atoms with E-state index in [2.05, 4.69) is 15.7 Å². The SMILES string of the molecule is c1nc(CNC2COC2)cs1. The van der Waals surface area contributed by atoms with Crippen molar-refractivity contribution < 1.29 is 4.74 Å². The first-order valence-corrected chi connectivity index (χ1v) is 4.57. The molecule has 0 atom stereocenters. The largest absolute Gasteiger partial charge is 0.378 e. The molecule has 0 bridgehead atoms. The summed E-state index contributed by atoms with van der Waals surface area (Å²) in [6, 6.07) is 0.552. The highest BCUT2D eigenvalue weighted by Gasteiger charge is 2.16. The number of thiazole rings is 1. The standard InChI is InChI=1S/C7H10N2OS/c1(6-4-11-5-9-6)8-7-2-10-3-7/h4-5,7-8H,1-3H2. The summed E-state index contributed by atoms with van der Waals surface area (Å²) < 4.78 is 5.02. The average molecular weight is 170 g/mol. The van der Waals surface area contributed by atoms with Crippen molar-refractivity contribution in [2.45, 2.75) is 12.6 Å². The van der Waals surface area contributed by atoms with E-state index in [0.29, 0.717) is 6.04 Å². The molecule has 2 heterocycles. The summed E-state index contributed by atoms with van der Waals surface area (Å²) in [4.78, 5) is 4.16. The van der Waals surface area contributed by atoms with Gasteiger partial charge in [0.15, 0.2) is 0 Å². The van der Waals surface area contributed by atoms with Crippen LogP contribution >= 0.6 is 11.3 Å². The van der Waals surface area contributed by atoms with Crippen molar-refractivity contribution in [3.8, 4) is 0 Å². The Kier molecular flexibility index (Phi) is 2.16. The van der Waals surface area contributed by atoms with Gasteiger partial charge in [0.25, 0.3) is 0 Å². The lowest BCUT2D eigenvalue weighted by molar-refractivity contribution is -0.00589. The van der Waals surface area contributed by atoms with Gasteiger partial charge < -0.3 is 10.1 Å². The summed E-state index contributed by atoms with van der Waals surface area (Å²) in [6.45, 7) is 2.58. The highest BCUT2D eigenvalue weighted by molar-refractivity contribution is 7.07. The van der Waals surface area contributed by atoms with Gasteiger partial charge in [-0.05, 0) is 0 Å². The van der Waals surface area contributed by atoms with E-state index in [1.165, 1.54) is 0 Å². The van der Waals surface area contributed by atoms with Crippen molar-refractivity contribution in [3.63, 3.8) is 0 Å². The Morgan fingerprint density at radius 3 is 3.18 bits per heavy atom. The predicted octanol–water partition coefficient (Wildman–Crippen LogP) is 0.631. The third kappa shape index (κ3) is 1.77. The van der Waals surface area contributed by atoms with Gasteiger partial charge in [-0.3, -0.25) is 0 Å². The highest BCUT2D eigenvalue weighted by atomic mass is 32.1. The van der Waals surface area contributed by atoms with Crippen LogP contribution < -0.4 is 5.32 Å². The molecule has 1 N–H and O–H groups in total. The van der Waals surface area contributed by atoms with Crippen LogP contribution in [0.1, 0.15) is 5.69 Å². The quantitative estimate of drug-likeness (QED) is 0.722. The van der Waals surface area contributed by atoms with Gasteiger partial charge in [-0.1, -0.05) is 0 Å². The summed E-state index contributed by atoms with van der Waals surface area (Å²) in [5.74, 6) is 0. The van der Waals surface area contributed by atoms with Crippen molar-refractivity contribution >= 4 is 11.3 Å². The maximum absolute atomic E-state index is 5.02. The first-order chi connectivity index (χ1) is 5.45. The second-order valence-electron chi connectivity index (χ2n) is 2.60. The van der Waals surface area contributed by atoms with Crippen molar-refractivity contribution in [1.29, 1.82) is 0 Å². The molecule has 0 amide bonds. The molecule has 1 aromatic heterocycles. The minimum absolute atomic E-state index is 0.552. The van der Waals surface area contributed by atoms with E-state index in [0.717, 1.165) is 25.5 Å². The molecule has 2 rings (SSSR count). The fourth-order valence-electron chi connectivity index (χ4n) is 0.927. The number of hydrogen-bond acceptors (Lipinski definition) is 4. The van der Waals surface area contributed by atoms with Crippen LogP contribution in [0.25, 0.3) is 0 Å². The van der Waals surface area contributed by atoms with Gasteiger partial charge in [0, 0.05) is 11.9 Å². The Bertz CT molecular complexity index is 208. The van der Waals surface area contributed by atoms with E-state index >= 15 is 0 Å². The topological polar surface area (TPSA) is 34.2 Å². The molecule has 1 aliphatic heterocycles. The first kappa shape index (κ1) is 7.21. The molecule has 60 valence electrons. The Labute approximate surface area is 69.4 Å². The Morgan fingerprint density at radius 1 is 1.73 bits per heavy atom. The smallest absolute Gasteiger partial charge is 0.0795 e. The van der Waals surface area contributed by atoms with E-state index < -0.39 is 0 Å². The Balaban J connectivity index is 1.74. The molecule has 0 aromatic carbocycles. The Hall–Kier alpha value is -0.450. The number of rotatable bonds is 3. The molecular formula is C7H10N2OS. The third-order valence-electron chi connectivity index (χ3n) is 1.69. The maximum Gasteiger partial charge on any atom is 0.0795 e. The lowest BCUT2D eigenvalue weighted by atomic mass is 10.2. The molecule has 1 aromatic rings. The van der Waals surface area contributed by atoms with E-state index in [1.807, 2.05) is 5.51 Å². The monoisotopic (exact) mass is 170 g/mol. The predicted molar refractivity (Wildman–Crippen MR) is 43.6 cm³/mol. The van der Waals surface area contributed by atoms with Gasteiger partial charge in [-0.2, -0.15) is 0 Å². The van der Waals surface area contributed by atoms with Gasteiger partial charge in [-0.25, -0.2) is 4.98 Å². The summed E-state index contributed by atoms with van der Waals surface area (Å²) in [6.07, 6.45) is 0. The molecule has 0 spiro atoms. The first-order valence-electron chi connectivity index (χ1n) is 3.63. The molecule has 4 heteroatoms. The molecule has 1 saturated heterocycles. The zero-order valence-corrected chi connectivity index (χ0v) is 6.93. The van der Waals surface area contributed by atoms with Crippen LogP contribution in [-0.4, -0.2) is 24.2 Å².